The summed E-state index contributed by atoms with van der Waals surface area (Å²) in [6.07, 6.45) is 13.0. The number of nitrogens with zero attached hydrogens (tertiary/aromatic N) is 2. The molecule has 4 aliphatic rings. The third kappa shape index (κ3) is 4.40. The third-order valence-electron chi connectivity index (χ3n) is 12.6. The zero-order chi connectivity index (χ0) is 32.8. The van der Waals surface area contributed by atoms with Gasteiger partial charge in [-0.25, -0.2) is 0 Å². The standard InChI is InChI=1S/2C24H21N/c2*1-4-17-7-8-19-9-11-20(21-12-10-18(5-1)23(17)24(19)21)22-13-6-16-3-2-14-25(22)15-16/h2*1,4-5,7-13,16H,2-3,6,14-15H2/t2*16-/m10/s1. The summed E-state index contributed by atoms with van der Waals surface area (Å²) in [5.74, 6) is 1.74. The van der Waals surface area contributed by atoms with E-state index in [-0.39, 0.29) is 0 Å². The van der Waals surface area contributed by atoms with Gasteiger partial charge in [-0.1, -0.05) is 121 Å². The number of benzene rings is 8. The highest BCUT2D eigenvalue weighted by molar-refractivity contribution is 6.25. The molecule has 8 aromatic rings. The van der Waals surface area contributed by atoms with E-state index in [1.54, 1.807) is 0 Å². The van der Waals surface area contributed by atoms with Gasteiger partial charge in [0.1, 0.15) is 0 Å². The zero-order valence-corrected chi connectivity index (χ0v) is 28.7. The predicted molar refractivity (Wildman–Crippen MR) is 214 cm³/mol. The first-order chi connectivity index (χ1) is 24.8. The molecular weight excluding hydrogens is 605 g/mol. The van der Waals surface area contributed by atoms with E-state index in [2.05, 4.69) is 131 Å². The van der Waals surface area contributed by atoms with Crippen LogP contribution in [0.15, 0.2) is 121 Å². The molecule has 50 heavy (non-hydrogen) atoms. The fraction of sp³-hybridized carbons (Fsp3) is 0.250. The lowest BCUT2D eigenvalue weighted by Crippen LogP contribution is -2.36. The SMILES string of the molecule is C1=C(c2ccc3ccc4cccc5ccc2c3c45)N2CCC[C@@H](C1)C2.C1=C(c2ccc3ccc4cccc5ccc2c3c45)N2CCC[C@H](C1)C2. The molecule has 0 N–H and O–H groups in total. The van der Waals surface area contributed by atoms with Crippen LogP contribution < -0.4 is 0 Å². The van der Waals surface area contributed by atoms with Gasteiger partial charge >= 0.3 is 0 Å². The van der Waals surface area contributed by atoms with Gasteiger partial charge in [0.2, 0.25) is 0 Å². The van der Waals surface area contributed by atoms with Crippen molar-refractivity contribution < 1.29 is 0 Å². The lowest BCUT2D eigenvalue weighted by atomic mass is 9.86. The first kappa shape index (κ1) is 28.7. The van der Waals surface area contributed by atoms with Gasteiger partial charge < -0.3 is 9.80 Å². The molecule has 2 fully saturated rings. The van der Waals surface area contributed by atoms with E-state index in [1.165, 1.54) is 152 Å². The number of allylic oxidation sites excluding steroid dienone is 2. The summed E-state index contributed by atoms with van der Waals surface area (Å²) >= 11 is 0. The van der Waals surface area contributed by atoms with Crippen molar-refractivity contribution in [2.24, 2.45) is 11.8 Å². The highest BCUT2D eigenvalue weighted by atomic mass is 15.2. The molecule has 12 rings (SSSR count). The molecule has 0 saturated carbocycles. The Morgan fingerprint density at radius 2 is 0.780 bits per heavy atom. The molecule has 0 aromatic heterocycles. The van der Waals surface area contributed by atoms with Gasteiger partial charge in [-0.2, -0.15) is 0 Å². The number of rotatable bonds is 2. The van der Waals surface area contributed by atoms with Crippen molar-refractivity contribution in [3.63, 3.8) is 0 Å². The predicted octanol–water partition coefficient (Wildman–Crippen LogP) is 12.1. The summed E-state index contributed by atoms with van der Waals surface area (Å²) in [6.45, 7) is 4.91. The second-order valence-corrected chi connectivity index (χ2v) is 15.5. The number of fused-ring (bicyclic) bond motifs is 4. The summed E-state index contributed by atoms with van der Waals surface area (Å²) in [5.41, 5.74) is 5.78. The zero-order valence-electron chi connectivity index (χ0n) is 28.7. The minimum absolute atomic E-state index is 0.872. The Morgan fingerprint density at radius 1 is 0.400 bits per heavy atom. The van der Waals surface area contributed by atoms with E-state index in [0.29, 0.717) is 0 Å². The molecule has 8 aromatic carbocycles. The topological polar surface area (TPSA) is 6.48 Å². The van der Waals surface area contributed by atoms with Crippen LogP contribution >= 0.6 is 0 Å². The maximum atomic E-state index is 2.63. The van der Waals surface area contributed by atoms with Gasteiger partial charge in [0, 0.05) is 48.7 Å². The molecule has 2 atom stereocenters. The second kappa shape index (κ2) is 11.2. The van der Waals surface area contributed by atoms with Gasteiger partial charge in [0.15, 0.2) is 0 Å². The van der Waals surface area contributed by atoms with Crippen molar-refractivity contribution in [2.75, 3.05) is 26.2 Å². The normalized spacial score (nSPS) is 20.6. The smallest absolute Gasteiger partial charge is 0.0405 e. The Kier molecular flexibility index (Phi) is 6.45. The Labute approximate surface area is 293 Å². The van der Waals surface area contributed by atoms with Crippen LogP contribution in [0.1, 0.15) is 49.7 Å². The van der Waals surface area contributed by atoms with Crippen LogP contribution in [0.25, 0.3) is 76.0 Å². The highest BCUT2D eigenvalue weighted by Gasteiger charge is 2.28. The minimum atomic E-state index is 0.872. The van der Waals surface area contributed by atoms with Crippen molar-refractivity contribution in [3.05, 3.63) is 132 Å². The summed E-state index contributed by atoms with van der Waals surface area (Å²) in [6, 6.07) is 41.0. The average Bonchev–Trinajstić information content (AvgIpc) is 3.17. The van der Waals surface area contributed by atoms with Gasteiger partial charge in [0.05, 0.1) is 0 Å². The van der Waals surface area contributed by atoms with Crippen molar-refractivity contribution in [1.29, 1.82) is 0 Å². The Balaban J connectivity index is 0.000000120. The fourth-order valence-electron chi connectivity index (χ4n) is 10.2. The molecule has 4 bridgehead atoms. The third-order valence-corrected chi connectivity index (χ3v) is 12.6. The van der Waals surface area contributed by atoms with Crippen molar-refractivity contribution in [1.82, 2.24) is 9.80 Å². The quantitative estimate of drug-likeness (QED) is 0.172. The van der Waals surface area contributed by atoms with Crippen LogP contribution in [0.5, 0.6) is 0 Å². The molecule has 2 nitrogen and oxygen atoms in total. The van der Waals surface area contributed by atoms with Gasteiger partial charge in [-0.3, -0.25) is 0 Å². The molecule has 0 unspecified atom stereocenters. The molecule has 244 valence electrons. The Hall–Kier alpha value is -5.08. The molecule has 2 saturated heterocycles. The molecule has 2 heteroatoms. The largest absolute Gasteiger partial charge is 0.371 e. The van der Waals surface area contributed by atoms with Crippen LogP contribution in [-0.2, 0) is 0 Å². The Bertz CT molecular complexity index is 2430. The molecule has 0 radical (unpaired) electrons. The summed E-state index contributed by atoms with van der Waals surface area (Å²) < 4.78 is 0. The number of hydrogen-bond donors (Lipinski definition) is 0. The lowest BCUT2D eigenvalue weighted by Gasteiger charge is -2.40. The lowest BCUT2D eigenvalue weighted by molar-refractivity contribution is 0.234. The number of hydrogen-bond acceptors (Lipinski definition) is 2. The van der Waals surface area contributed by atoms with Gasteiger partial charge in [0.25, 0.3) is 0 Å². The van der Waals surface area contributed by atoms with Crippen molar-refractivity contribution >= 4 is 76.0 Å². The first-order valence-electron chi connectivity index (χ1n) is 19.0. The first-order valence-corrected chi connectivity index (χ1v) is 19.0. The van der Waals surface area contributed by atoms with Crippen LogP contribution in [0.3, 0.4) is 0 Å². The van der Waals surface area contributed by atoms with E-state index in [0.717, 1.165) is 11.8 Å². The summed E-state index contributed by atoms with van der Waals surface area (Å²) in [7, 11) is 0. The van der Waals surface area contributed by atoms with E-state index >= 15 is 0 Å². The van der Waals surface area contributed by atoms with Crippen molar-refractivity contribution in [3.8, 4) is 0 Å². The Morgan fingerprint density at radius 3 is 1.22 bits per heavy atom. The monoisotopic (exact) mass is 646 g/mol. The average molecular weight is 647 g/mol. The van der Waals surface area contributed by atoms with E-state index < -0.39 is 0 Å². The van der Waals surface area contributed by atoms with Crippen LogP contribution in [0.4, 0.5) is 0 Å². The number of piperidine rings is 2. The fourth-order valence-corrected chi connectivity index (χ4v) is 10.2. The van der Waals surface area contributed by atoms with Crippen LogP contribution in [0, 0.1) is 11.8 Å². The van der Waals surface area contributed by atoms with E-state index in [4.69, 9.17) is 0 Å². The molecule has 4 heterocycles. The maximum absolute atomic E-state index is 2.63. The van der Waals surface area contributed by atoms with E-state index in [1.807, 2.05) is 0 Å². The van der Waals surface area contributed by atoms with Gasteiger partial charge in [-0.05, 0) is 115 Å². The summed E-state index contributed by atoms with van der Waals surface area (Å²) in [5, 5.41) is 16.7. The highest BCUT2D eigenvalue weighted by Crippen LogP contribution is 2.43. The van der Waals surface area contributed by atoms with Crippen LogP contribution in [0.2, 0.25) is 0 Å². The molecule has 0 spiro atoms. The second-order valence-electron chi connectivity index (χ2n) is 15.5. The molecule has 0 amide bonds. The minimum Gasteiger partial charge on any atom is -0.371 e. The summed E-state index contributed by atoms with van der Waals surface area (Å²) in [4.78, 5) is 5.26. The molecule has 0 aliphatic carbocycles. The van der Waals surface area contributed by atoms with Gasteiger partial charge in [-0.15, -0.1) is 0 Å². The molecular formula is C48H42N2. The maximum Gasteiger partial charge on any atom is 0.0405 e. The van der Waals surface area contributed by atoms with E-state index in [9.17, 15) is 0 Å². The van der Waals surface area contributed by atoms with Crippen LogP contribution in [-0.4, -0.2) is 36.0 Å². The molecule has 4 aliphatic heterocycles. The van der Waals surface area contributed by atoms with Crippen molar-refractivity contribution in [2.45, 2.75) is 38.5 Å².